The van der Waals surface area contributed by atoms with E-state index >= 15 is 0 Å². The van der Waals surface area contributed by atoms with Gasteiger partial charge in [-0.1, -0.05) is 115 Å². The maximum absolute atomic E-state index is 6.64. The van der Waals surface area contributed by atoms with Gasteiger partial charge in [0.2, 0.25) is 0 Å². The highest BCUT2D eigenvalue weighted by atomic mass is 32.1. The van der Waals surface area contributed by atoms with Crippen LogP contribution in [0.3, 0.4) is 0 Å². The van der Waals surface area contributed by atoms with Gasteiger partial charge in [0.05, 0.1) is 11.0 Å². The van der Waals surface area contributed by atoms with Crippen molar-refractivity contribution >= 4 is 75.3 Å². The number of fused-ring (bicyclic) bond motifs is 9. The summed E-state index contributed by atoms with van der Waals surface area (Å²) < 4.78 is 11.4. The zero-order chi connectivity index (χ0) is 37.5. The van der Waals surface area contributed by atoms with Crippen molar-refractivity contribution in [2.75, 3.05) is 0 Å². The standard InChI is InChI=1S/C51H30N4OS/c1-3-12-31(13-4-1)49-52-50(54-51(53-49)41-19-11-18-40-39-17-8-10-21-47(39)57-48(40)41)34-23-26-38-37-25-22-33(29-45(37)56-46(38)30-34)32-24-27-44-42(28-32)36-16-7-9-20-43(36)55(44)35-14-5-2-6-15-35/h1-30H. The number of hydrogen-bond acceptors (Lipinski definition) is 5. The van der Waals surface area contributed by atoms with Crippen LogP contribution in [-0.4, -0.2) is 19.5 Å². The molecular formula is C51H30N4OS. The summed E-state index contributed by atoms with van der Waals surface area (Å²) in [6.45, 7) is 0. The van der Waals surface area contributed by atoms with E-state index in [2.05, 4.69) is 156 Å². The maximum Gasteiger partial charge on any atom is 0.165 e. The van der Waals surface area contributed by atoms with Crippen molar-refractivity contribution in [1.29, 1.82) is 0 Å². The summed E-state index contributed by atoms with van der Waals surface area (Å²) >= 11 is 1.77. The van der Waals surface area contributed by atoms with Gasteiger partial charge in [0.1, 0.15) is 11.2 Å². The number of benzene rings is 8. The first kappa shape index (κ1) is 31.9. The van der Waals surface area contributed by atoms with Gasteiger partial charge in [0.25, 0.3) is 0 Å². The minimum atomic E-state index is 0.600. The molecule has 0 fully saturated rings. The molecule has 4 aromatic heterocycles. The number of nitrogens with zero attached hydrogens (tertiary/aromatic N) is 4. The van der Waals surface area contributed by atoms with E-state index in [1.807, 2.05) is 30.3 Å². The van der Waals surface area contributed by atoms with Crippen LogP contribution in [0.5, 0.6) is 0 Å². The van der Waals surface area contributed by atoms with Crippen LogP contribution in [-0.2, 0) is 0 Å². The topological polar surface area (TPSA) is 56.7 Å². The second kappa shape index (κ2) is 12.6. The largest absolute Gasteiger partial charge is 0.456 e. The van der Waals surface area contributed by atoms with Crippen molar-refractivity contribution in [2.45, 2.75) is 0 Å². The first-order valence-electron chi connectivity index (χ1n) is 19.0. The smallest absolute Gasteiger partial charge is 0.165 e. The van der Waals surface area contributed by atoms with E-state index in [0.717, 1.165) is 55.4 Å². The summed E-state index contributed by atoms with van der Waals surface area (Å²) in [4.78, 5) is 15.3. The lowest BCUT2D eigenvalue weighted by Gasteiger charge is -2.09. The second-order valence-corrected chi connectivity index (χ2v) is 15.4. The molecule has 12 aromatic rings. The average Bonchev–Trinajstić information content (AvgIpc) is 3.95. The Bertz CT molecular complexity index is 3530. The molecule has 266 valence electrons. The van der Waals surface area contributed by atoms with E-state index in [1.54, 1.807) is 11.3 Å². The molecule has 0 N–H and O–H groups in total. The van der Waals surface area contributed by atoms with E-state index < -0.39 is 0 Å². The van der Waals surface area contributed by atoms with Crippen LogP contribution in [0.4, 0.5) is 0 Å². The van der Waals surface area contributed by atoms with E-state index in [-0.39, 0.29) is 0 Å². The highest BCUT2D eigenvalue weighted by Gasteiger charge is 2.19. The fraction of sp³-hybridized carbons (Fsp3) is 0. The molecule has 5 nitrogen and oxygen atoms in total. The van der Waals surface area contributed by atoms with E-state index in [4.69, 9.17) is 19.4 Å². The molecule has 0 unspecified atom stereocenters. The summed E-state index contributed by atoms with van der Waals surface area (Å²) in [5.41, 5.74) is 10.2. The van der Waals surface area contributed by atoms with Crippen LogP contribution < -0.4 is 0 Å². The van der Waals surface area contributed by atoms with E-state index in [1.165, 1.54) is 42.0 Å². The normalized spacial score (nSPS) is 11.9. The van der Waals surface area contributed by atoms with Gasteiger partial charge in [-0.25, -0.2) is 15.0 Å². The summed E-state index contributed by atoms with van der Waals surface area (Å²) in [7, 11) is 0. The van der Waals surface area contributed by atoms with Crippen molar-refractivity contribution in [1.82, 2.24) is 19.5 Å². The Morgan fingerprint density at radius 3 is 1.81 bits per heavy atom. The average molecular weight is 747 g/mol. The van der Waals surface area contributed by atoms with Gasteiger partial charge in [-0.3, -0.25) is 0 Å². The minimum absolute atomic E-state index is 0.600. The van der Waals surface area contributed by atoms with Crippen LogP contribution >= 0.6 is 11.3 Å². The lowest BCUT2D eigenvalue weighted by atomic mass is 10.0. The van der Waals surface area contributed by atoms with Crippen molar-refractivity contribution < 1.29 is 4.42 Å². The van der Waals surface area contributed by atoms with Crippen LogP contribution in [0.25, 0.3) is 115 Å². The van der Waals surface area contributed by atoms with Gasteiger partial charge in [-0.15, -0.1) is 11.3 Å². The maximum atomic E-state index is 6.64. The van der Waals surface area contributed by atoms with Gasteiger partial charge in [-0.05, 0) is 77.9 Å². The third-order valence-corrected chi connectivity index (χ3v) is 12.3. The fourth-order valence-electron chi connectivity index (χ4n) is 8.37. The number of para-hydroxylation sites is 2. The molecule has 57 heavy (non-hydrogen) atoms. The highest BCUT2D eigenvalue weighted by Crippen LogP contribution is 2.41. The molecule has 0 spiro atoms. The Labute approximate surface area is 330 Å². The fourth-order valence-corrected chi connectivity index (χ4v) is 9.58. The summed E-state index contributed by atoms with van der Waals surface area (Å²) in [5, 5.41) is 7.02. The van der Waals surface area contributed by atoms with Gasteiger partial charge in [0, 0.05) is 64.1 Å². The van der Waals surface area contributed by atoms with Gasteiger partial charge < -0.3 is 8.98 Å². The molecule has 0 aliphatic heterocycles. The van der Waals surface area contributed by atoms with Gasteiger partial charge in [0.15, 0.2) is 17.5 Å². The Hall–Kier alpha value is -7.41. The zero-order valence-corrected chi connectivity index (χ0v) is 31.2. The molecule has 0 amide bonds. The van der Waals surface area contributed by atoms with Crippen molar-refractivity contribution in [3.05, 3.63) is 182 Å². The molecule has 0 aliphatic carbocycles. The predicted octanol–water partition coefficient (Wildman–Crippen LogP) is 13.9. The number of rotatable bonds is 5. The molecule has 4 heterocycles. The van der Waals surface area contributed by atoms with Crippen molar-refractivity contribution in [2.24, 2.45) is 0 Å². The third kappa shape index (κ3) is 5.12. The Morgan fingerprint density at radius 2 is 0.982 bits per heavy atom. The quantitative estimate of drug-likeness (QED) is 0.176. The number of aromatic nitrogens is 4. The molecule has 12 rings (SSSR count). The van der Waals surface area contributed by atoms with E-state index in [9.17, 15) is 0 Å². The van der Waals surface area contributed by atoms with Crippen molar-refractivity contribution in [3.8, 4) is 51.0 Å². The SMILES string of the molecule is c1ccc(-c2nc(-c3ccc4c(c3)oc3cc(-c5ccc6c(c5)c5ccccc5n6-c5ccccc5)ccc34)nc(-c3cccc4c3sc3ccccc34)n2)cc1. The van der Waals surface area contributed by atoms with Crippen LogP contribution in [0, 0.1) is 0 Å². The second-order valence-electron chi connectivity index (χ2n) is 14.4. The van der Waals surface area contributed by atoms with Crippen LogP contribution in [0.2, 0.25) is 0 Å². The van der Waals surface area contributed by atoms with Crippen LogP contribution in [0.1, 0.15) is 0 Å². The molecule has 0 aliphatic rings. The summed E-state index contributed by atoms with van der Waals surface area (Å²) in [6, 6.07) is 63.8. The molecule has 0 atom stereocenters. The lowest BCUT2D eigenvalue weighted by molar-refractivity contribution is 0.669. The summed E-state index contributed by atoms with van der Waals surface area (Å²) in [5.74, 6) is 1.88. The van der Waals surface area contributed by atoms with Gasteiger partial charge in [-0.2, -0.15) is 0 Å². The molecule has 0 saturated heterocycles. The Balaban J connectivity index is 0.973. The molecular weight excluding hydrogens is 717 g/mol. The number of furan rings is 1. The highest BCUT2D eigenvalue weighted by molar-refractivity contribution is 7.26. The monoisotopic (exact) mass is 746 g/mol. The third-order valence-electron chi connectivity index (χ3n) is 11.1. The predicted molar refractivity (Wildman–Crippen MR) is 236 cm³/mol. The van der Waals surface area contributed by atoms with Crippen molar-refractivity contribution in [3.63, 3.8) is 0 Å². The first-order chi connectivity index (χ1) is 28.2. The molecule has 0 bridgehead atoms. The minimum Gasteiger partial charge on any atom is -0.456 e. The van der Waals surface area contributed by atoms with Gasteiger partial charge >= 0.3 is 0 Å². The lowest BCUT2D eigenvalue weighted by Crippen LogP contribution is -2.00. The Kier molecular flexibility index (Phi) is 7.03. The summed E-state index contributed by atoms with van der Waals surface area (Å²) in [6.07, 6.45) is 0. The molecule has 8 aromatic carbocycles. The van der Waals surface area contributed by atoms with Crippen LogP contribution in [0.15, 0.2) is 186 Å². The molecule has 0 radical (unpaired) electrons. The first-order valence-corrected chi connectivity index (χ1v) is 19.8. The molecule has 0 saturated carbocycles. The molecule has 6 heteroatoms. The Morgan fingerprint density at radius 1 is 0.386 bits per heavy atom. The zero-order valence-electron chi connectivity index (χ0n) is 30.4. The number of hydrogen-bond donors (Lipinski definition) is 0. The van der Waals surface area contributed by atoms with E-state index in [0.29, 0.717) is 17.5 Å². The number of thiophene rings is 1.